The van der Waals surface area contributed by atoms with Gasteiger partial charge >= 0.3 is 5.97 Å². The van der Waals surface area contributed by atoms with Crippen LogP contribution >= 0.6 is 11.6 Å². The molecular formula is C24H37ClN2O2. The van der Waals surface area contributed by atoms with E-state index in [1.54, 1.807) is 0 Å². The molecule has 162 valence electrons. The Bertz CT molecular complexity index is 678. The van der Waals surface area contributed by atoms with Gasteiger partial charge in [-0.25, -0.2) is 0 Å². The van der Waals surface area contributed by atoms with Gasteiger partial charge in [0.15, 0.2) is 0 Å². The predicted octanol–water partition coefficient (Wildman–Crippen LogP) is 5.00. The molecule has 0 heterocycles. The van der Waals surface area contributed by atoms with Gasteiger partial charge in [0.2, 0.25) is 0 Å². The molecule has 0 amide bonds. The van der Waals surface area contributed by atoms with Gasteiger partial charge in [0.05, 0.1) is 12.6 Å². The lowest BCUT2D eigenvalue weighted by Crippen LogP contribution is -2.56. The van der Waals surface area contributed by atoms with E-state index >= 15 is 0 Å². The molecule has 4 rings (SSSR count). The molecule has 0 bridgehead atoms. The highest BCUT2D eigenvalue weighted by Gasteiger charge is 2.60. The van der Waals surface area contributed by atoms with Gasteiger partial charge in [-0.3, -0.25) is 9.69 Å². The van der Waals surface area contributed by atoms with E-state index in [0.29, 0.717) is 29.3 Å². The number of halogens is 1. The number of nitrogens with zero attached hydrogens (tertiary/aromatic N) is 2. The SMILES string of the molecule is CN(CC#N)C1CCC2C3CCC4CC(OC(=O)CCl)CCC4(C)C3CCC21C. The molecule has 8 atom stereocenters. The van der Waals surface area contributed by atoms with Crippen molar-refractivity contribution in [1.82, 2.24) is 4.90 Å². The first kappa shape index (κ1) is 21.4. The monoisotopic (exact) mass is 420 g/mol. The largest absolute Gasteiger partial charge is 0.461 e. The van der Waals surface area contributed by atoms with Crippen molar-refractivity contribution in [1.29, 1.82) is 5.26 Å². The number of hydrogen-bond acceptors (Lipinski definition) is 4. The summed E-state index contributed by atoms with van der Waals surface area (Å²) in [5, 5.41) is 9.19. The highest BCUT2D eigenvalue weighted by molar-refractivity contribution is 6.26. The molecule has 4 saturated carbocycles. The summed E-state index contributed by atoms with van der Waals surface area (Å²) in [6.07, 6.45) is 11.1. The summed E-state index contributed by atoms with van der Waals surface area (Å²) in [4.78, 5) is 14.0. The zero-order valence-corrected chi connectivity index (χ0v) is 19.1. The molecule has 8 unspecified atom stereocenters. The minimum atomic E-state index is -0.263. The maximum Gasteiger partial charge on any atom is 0.321 e. The number of fused-ring (bicyclic) bond motifs is 5. The number of ether oxygens (including phenoxy) is 1. The summed E-state index contributed by atoms with van der Waals surface area (Å²) in [6, 6.07) is 2.92. The summed E-state index contributed by atoms with van der Waals surface area (Å²) >= 11 is 5.65. The van der Waals surface area contributed by atoms with Crippen molar-refractivity contribution >= 4 is 17.6 Å². The third-order valence-electron chi connectivity index (χ3n) is 9.83. The molecule has 4 fully saturated rings. The number of hydrogen-bond donors (Lipinski definition) is 0. The van der Waals surface area contributed by atoms with Gasteiger partial charge < -0.3 is 4.74 Å². The minimum absolute atomic E-state index is 0.0369. The van der Waals surface area contributed by atoms with Gasteiger partial charge in [0.1, 0.15) is 12.0 Å². The Labute approximate surface area is 181 Å². The third-order valence-corrected chi connectivity index (χ3v) is 10.0. The molecule has 0 N–H and O–H groups in total. The van der Waals surface area contributed by atoms with Crippen molar-refractivity contribution in [3.63, 3.8) is 0 Å². The molecule has 29 heavy (non-hydrogen) atoms. The predicted molar refractivity (Wildman–Crippen MR) is 114 cm³/mol. The van der Waals surface area contributed by atoms with Gasteiger partial charge in [-0.1, -0.05) is 13.8 Å². The maximum absolute atomic E-state index is 11.7. The first-order valence-electron chi connectivity index (χ1n) is 11.7. The average Bonchev–Trinajstić information content (AvgIpc) is 3.05. The van der Waals surface area contributed by atoms with E-state index in [1.165, 1.54) is 44.9 Å². The first-order valence-corrected chi connectivity index (χ1v) is 12.2. The van der Waals surface area contributed by atoms with Crippen LogP contribution in [0.25, 0.3) is 0 Å². The fourth-order valence-electron chi connectivity index (χ4n) is 8.46. The fraction of sp³-hybridized carbons (Fsp3) is 0.917. The molecule has 4 nitrogen and oxygen atoms in total. The summed E-state index contributed by atoms with van der Waals surface area (Å²) in [7, 11) is 2.15. The molecule has 0 aromatic carbocycles. The smallest absolute Gasteiger partial charge is 0.321 e. The van der Waals surface area contributed by atoms with Crippen molar-refractivity contribution in [2.45, 2.75) is 83.8 Å². The third kappa shape index (κ3) is 3.51. The van der Waals surface area contributed by atoms with E-state index < -0.39 is 0 Å². The Kier molecular flexibility index (Phi) is 5.95. The second kappa shape index (κ2) is 8.04. The normalized spacial score (nSPS) is 46.3. The molecule has 0 saturated heterocycles. The van der Waals surface area contributed by atoms with E-state index in [9.17, 15) is 10.1 Å². The van der Waals surface area contributed by atoms with E-state index in [4.69, 9.17) is 16.3 Å². The Morgan fingerprint density at radius 3 is 2.55 bits per heavy atom. The lowest BCUT2D eigenvalue weighted by Gasteiger charge is -2.61. The quantitative estimate of drug-likeness (QED) is 0.364. The lowest BCUT2D eigenvalue weighted by molar-refractivity contribution is -0.159. The summed E-state index contributed by atoms with van der Waals surface area (Å²) in [5.74, 6) is 2.82. The Morgan fingerprint density at radius 2 is 1.83 bits per heavy atom. The molecule has 4 aliphatic rings. The molecule has 0 aliphatic heterocycles. The van der Waals surface area contributed by atoms with Crippen molar-refractivity contribution < 1.29 is 9.53 Å². The Balaban J connectivity index is 1.49. The second-order valence-corrected chi connectivity index (χ2v) is 11.2. The number of carbonyl (C=O) groups excluding carboxylic acids is 1. The van der Waals surface area contributed by atoms with Crippen molar-refractivity contribution in [2.24, 2.45) is 34.5 Å². The second-order valence-electron chi connectivity index (χ2n) is 10.9. The van der Waals surface area contributed by atoms with Crippen LogP contribution in [0.5, 0.6) is 0 Å². The molecule has 0 radical (unpaired) electrons. The fourth-order valence-corrected chi connectivity index (χ4v) is 8.52. The Hall–Kier alpha value is -0.790. The van der Waals surface area contributed by atoms with Crippen molar-refractivity contribution in [3.8, 4) is 6.07 Å². The van der Waals surface area contributed by atoms with Crippen LogP contribution in [0.3, 0.4) is 0 Å². The van der Waals surface area contributed by atoms with Gasteiger partial charge in [-0.2, -0.15) is 5.26 Å². The number of rotatable bonds is 4. The van der Waals surface area contributed by atoms with Crippen LogP contribution in [0.1, 0.15) is 71.6 Å². The van der Waals surface area contributed by atoms with Crippen LogP contribution in [-0.4, -0.2) is 42.5 Å². The van der Waals surface area contributed by atoms with Gasteiger partial charge in [-0.05, 0) is 99.3 Å². The molecule has 0 aromatic rings. The van der Waals surface area contributed by atoms with E-state index in [2.05, 4.69) is 31.9 Å². The molecule has 5 heteroatoms. The topological polar surface area (TPSA) is 53.3 Å². The Morgan fingerprint density at radius 1 is 1.10 bits per heavy atom. The van der Waals surface area contributed by atoms with E-state index in [0.717, 1.165) is 30.6 Å². The maximum atomic E-state index is 11.7. The van der Waals surface area contributed by atoms with Crippen molar-refractivity contribution in [2.75, 3.05) is 19.5 Å². The zero-order valence-electron chi connectivity index (χ0n) is 18.3. The standard InChI is InChI=1S/C24H37ClN2O2/c1-23-10-8-17(29-22(28)15-25)14-16(23)4-5-18-19-6-7-21(27(3)13-12-26)24(19,2)11-9-20(18)23/h16-21H,4-11,13-15H2,1-3H3. The summed E-state index contributed by atoms with van der Waals surface area (Å²) < 4.78 is 5.62. The van der Waals surface area contributed by atoms with Crippen LogP contribution in [0.4, 0.5) is 0 Å². The summed E-state index contributed by atoms with van der Waals surface area (Å²) in [5.41, 5.74) is 0.758. The van der Waals surface area contributed by atoms with Crippen LogP contribution in [0.2, 0.25) is 0 Å². The zero-order chi connectivity index (χ0) is 20.8. The number of carbonyl (C=O) groups is 1. The number of alkyl halides is 1. The number of nitriles is 1. The lowest BCUT2D eigenvalue weighted by atomic mass is 9.45. The van der Waals surface area contributed by atoms with Gasteiger partial charge in [0.25, 0.3) is 0 Å². The van der Waals surface area contributed by atoms with Crippen molar-refractivity contribution in [3.05, 3.63) is 0 Å². The van der Waals surface area contributed by atoms with Gasteiger partial charge in [-0.15, -0.1) is 11.6 Å². The number of esters is 1. The highest BCUT2D eigenvalue weighted by Crippen LogP contribution is 2.66. The van der Waals surface area contributed by atoms with Crippen LogP contribution in [-0.2, 0) is 9.53 Å². The van der Waals surface area contributed by atoms with E-state index in [-0.39, 0.29) is 18.0 Å². The average molecular weight is 421 g/mol. The molecule has 0 aromatic heterocycles. The van der Waals surface area contributed by atoms with Crippen LogP contribution in [0, 0.1) is 45.8 Å². The molecular weight excluding hydrogens is 384 g/mol. The highest BCUT2D eigenvalue weighted by atomic mass is 35.5. The van der Waals surface area contributed by atoms with E-state index in [1.807, 2.05) is 0 Å². The molecule has 4 aliphatic carbocycles. The van der Waals surface area contributed by atoms with Crippen LogP contribution in [0.15, 0.2) is 0 Å². The molecule has 0 spiro atoms. The summed E-state index contributed by atoms with van der Waals surface area (Å²) in [6.45, 7) is 5.62. The van der Waals surface area contributed by atoms with Gasteiger partial charge in [0, 0.05) is 6.04 Å². The van der Waals surface area contributed by atoms with Crippen LogP contribution < -0.4 is 0 Å². The minimum Gasteiger partial charge on any atom is -0.461 e. The first-order chi connectivity index (χ1) is 13.8.